The van der Waals surface area contributed by atoms with E-state index in [1.807, 2.05) is 0 Å². The van der Waals surface area contributed by atoms with Crippen LogP contribution in [-0.4, -0.2) is 11.2 Å². The Kier molecular flexibility index (Phi) is 7.76. The molecule has 0 amide bonds. The Labute approximate surface area is 39.5 Å². The third-order valence-corrected chi connectivity index (χ3v) is 0. The van der Waals surface area contributed by atoms with Crippen LogP contribution in [0.3, 0.4) is 0 Å². The van der Waals surface area contributed by atoms with E-state index in [0.717, 1.165) is 0 Å². The average molecular weight is 94.2 g/mol. The maximum atomic E-state index is 8.06. The predicted octanol–water partition coefficient (Wildman–Crippen LogP) is 0.500. The van der Waals surface area contributed by atoms with Gasteiger partial charge in [0.1, 0.15) is 0 Å². The Morgan fingerprint density at radius 3 is 1.40 bits per heavy atom. The van der Waals surface area contributed by atoms with Crippen LogP contribution >= 0.6 is 13.5 Å². The van der Waals surface area contributed by atoms with Crippen LogP contribution in [0.25, 0.3) is 0 Å². The second-order valence-corrected chi connectivity index (χ2v) is 1.09. The van der Waals surface area contributed by atoms with E-state index in [1.54, 1.807) is 13.8 Å². The van der Waals surface area contributed by atoms with Gasteiger partial charge in [-0.2, -0.15) is 13.5 Å². The van der Waals surface area contributed by atoms with Gasteiger partial charge in [0.15, 0.2) is 0 Å². The van der Waals surface area contributed by atoms with E-state index in [0.29, 0.717) is 0 Å². The van der Waals surface area contributed by atoms with E-state index < -0.39 is 0 Å². The lowest BCUT2D eigenvalue weighted by atomic mass is 10.5. The summed E-state index contributed by atoms with van der Waals surface area (Å²) in [4.78, 5) is 0. The maximum Gasteiger partial charge on any atom is 0.0483 e. The van der Waals surface area contributed by atoms with Crippen LogP contribution in [0.2, 0.25) is 0 Å². The van der Waals surface area contributed by atoms with E-state index >= 15 is 0 Å². The summed E-state index contributed by atoms with van der Waals surface area (Å²) in [6.07, 6.45) is -0.167. The van der Waals surface area contributed by atoms with Gasteiger partial charge in [-0.1, -0.05) is 0 Å². The number of aliphatic hydroxyl groups is 1. The first-order valence-electron chi connectivity index (χ1n) is 1.41. The molecular weight excluding hydrogens is 84.1 g/mol. The molecule has 0 saturated carbocycles. The first-order chi connectivity index (χ1) is 1.73. The van der Waals surface area contributed by atoms with Gasteiger partial charge < -0.3 is 5.11 Å². The van der Waals surface area contributed by atoms with Crippen molar-refractivity contribution >= 4 is 13.5 Å². The van der Waals surface area contributed by atoms with Gasteiger partial charge in [-0.25, -0.2) is 0 Å². The van der Waals surface area contributed by atoms with Crippen molar-refractivity contribution in [3.8, 4) is 0 Å². The fraction of sp³-hybridized carbons (Fsp3) is 1.00. The van der Waals surface area contributed by atoms with E-state index in [-0.39, 0.29) is 19.6 Å². The van der Waals surface area contributed by atoms with Crippen molar-refractivity contribution in [3.05, 3.63) is 0 Å². The lowest BCUT2D eigenvalue weighted by Crippen LogP contribution is -1.85. The fourth-order valence-electron chi connectivity index (χ4n) is 0. The van der Waals surface area contributed by atoms with Crippen molar-refractivity contribution in [1.82, 2.24) is 0 Å². The monoisotopic (exact) mass is 94.0 g/mol. The molecule has 0 aromatic heterocycles. The minimum absolute atomic E-state index is 0. The molecule has 1 nitrogen and oxygen atoms in total. The summed E-state index contributed by atoms with van der Waals surface area (Å²) in [6.45, 7) is 3.44. The van der Waals surface area contributed by atoms with Crippen molar-refractivity contribution in [3.63, 3.8) is 0 Å². The zero-order chi connectivity index (χ0) is 3.58. The van der Waals surface area contributed by atoms with Gasteiger partial charge >= 0.3 is 0 Å². The van der Waals surface area contributed by atoms with Gasteiger partial charge in [0.2, 0.25) is 0 Å². The highest BCUT2D eigenvalue weighted by Gasteiger charge is 1.69. The minimum atomic E-state index is -0.167. The molecule has 5 heavy (non-hydrogen) atoms. The molecule has 0 rings (SSSR count). The molecule has 0 bridgehead atoms. The summed E-state index contributed by atoms with van der Waals surface area (Å²) in [7, 11) is 0. The molecule has 0 spiro atoms. The minimum Gasteiger partial charge on any atom is -0.394 e. The fourth-order valence-corrected chi connectivity index (χ4v) is 0. The molecule has 0 aliphatic heterocycles. The van der Waals surface area contributed by atoms with E-state index in [1.165, 1.54) is 0 Å². The van der Waals surface area contributed by atoms with Gasteiger partial charge in [-0.15, -0.1) is 0 Å². The van der Waals surface area contributed by atoms with Crippen molar-refractivity contribution in [2.24, 2.45) is 0 Å². The third-order valence-electron chi connectivity index (χ3n) is 0. The number of rotatable bonds is 0. The Balaban J connectivity index is 0. The van der Waals surface area contributed by atoms with Crippen LogP contribution in [0.4, 0.5) is 0 Å². The van der Waals surface area contributed by atoms with E-state index in [2.05, 4.69) is 0 Å². The van der Waals surface area contributed by atoms with Crippen molar-refractivity contribution in [2.75, 3.05) is 0 Å². The third kappa shape index (κ3) is 239. The van der Waals surface area contributed by atoms with Crippen molar-refractivity contribution in [1.29, 1.82) is 0 Å². The Hall–Kier alpha value is 0.310. The second kappa shape index (κ2) is 4.31. The molecule has 0 radical (unpaired) electrons. The lowest BCUT2D eigenvalue weighted by molar-refractivity contribution is 0.216. The highest BCUT2D eigenvalue weighted by molar-refractivity contribution is 7.59. The number of hydrogen-bond acceptors (Lipinski definition) is 1. The Morgan fingerprint density at radius 2 is 1.40 bits per heavy atom. The first-order valence-corrected chi connectivity index (χ1v) is 1.41. The molecule has 0 unspecified atom stereocenters. The molecule has 0 aromatic carbocycles. The Bertz CT molecular complexity index is 11.6. The average Bonchev–Trinajstić information content (AvgIpc) is 0.811. The SMILES string of the molecule is CC(C)O.S. The summed E-state index contributed by atoms with van der Waals surface area (Å²) >= 11 is 0. The molecule has 0 heterocycles. The topological polar surface area (TPSA) is 20.2 Å². The number of aliphatic hydroxyl groups excluding tert-OH is 1. The van der Waals surface area contributed by atoms with Crippen LogP contribution in [0.15, 0.2) is 0 Å². The van der Waals surface area contributed by atoms with Crippen LogP contribution in [0.5, 0.6) is 0 Å². The Morgan fingerprint density at radius 1 is 1.40 bits per heavy atom. The van der Waals surface area contributed by atoms with Gasteiger partial charge in [-0.05, 0) is 13.8 Å². The molecule has 1 N–H and O–H groups in total. The van der Waals surface area contributed by atoms with Crippen LogP contribution in [-0.2, 0) is 0 Å². The van der Waals surface area contributed by atoms with E-state index in [9.17, 15) is 0 Å². The summed E-state index contributed by atoms with van der Waals surface area (Å²) in [5, 5.41) is 8.06. The molecule has 0 aliphatic carbocycles. The predicted molar refractivity (Wildman–Crippen MR) is 27.7 cm³/mol. The maximum absolute atomic E-state index is 8.06. The molecule has 0 atom stereocenters. The molecule has 0 saturated heterocycles. The van der Waals surface area contributed by atoms with E-state index in [4.69, 9.17) is 5.11 Å². The lowest BCUT2D eigenvalue weighted by Gasteiger charge is -1.80. The van der Waals surface area contributed by atoms with Gasteiger partial charge in [0.25, 0.3) is 0 Å². The zero-order valence-electron chi connectivity index (χ0n) is 3.52. The molecule has 2 heteroatoms. The normalized spacial score (nSPS) is 7.20. The zero-order valence-corrected chi connectivity index (χ0v) is 4.52. The summed E-state index contributed by atoms with van der Waals surface area (Å²) < 4.78 is 0. The largest absolute Gasteiger partial charge is 0.394 e. The van der Waals surface area contributed by atoms with Crippen LogP contribution < -0.4 is 0 Å². The highest BCUT2D eigenvalue weighted by atomic mass is 32.1. The standard InChI is InChI=1S/C3H8O.H2S/c1-3(2)4;/h3-4H,1-2H3;1H2. The second-order valence-electron chi connectivity index (χ2n) is 1.09. The van der Waals surface area contributed by atoms with Gasteiger partial charge in [-0.3, -0.25) is 0 Å². The smallest absolute Gasteiger partial charge is 0.0483 e. The molecule has 0 fully saturated rings. The molecule has 0 aromatic rings. The van der Waals surface area contributed by atoms with Gasteiger partial charge in [0.05, 0.1) is 0 Å². The molecule has 34 valence electrons. The quantitative estimate of drug-likeness (QED) is 0.463. The summed E-state index contributed by atoms with van der Waals surface area (Å²) in [5.74, 6) is 0. The van der Waals surface area contributed by atoms with Crippen LogP contribution in [0, 0.1) is 0 Å². The highest BCUT2D eigenvalue weighted by Crippen LogP contribution is 1.65. The van der Waals surface area contributed by atoms with Crippen molar-refractivity contribution < 1.29 is 5.11 Å². The molecular formula is C3H10OS. The number of hydrogen-bond donors (Lipinski definition) is 1. The van der Waals surface area contributed by atoms with Crippen LogP contribution in [0.1, 0.15) is 13.8 Å². The van der Waals surface area contributed by atoms with Crippen molar-refractivity contribution in [2.45, 2.75) is 20.0 Å². The van der Waals surface area contributed by atoms with Gasteiger partial charge in [0, 0.05) is 6.10 Å². The summed E-state index contributed by atoms with van der Waals surface area (Å²) in [6, 6.07) is 0. The first kappa shape index (κ1) is 9.00. The summed E-state index contributed by atoms with van der Waals surface area (Å²) in [5.41, 5.74) is 0. The molecule has 0 aliphatic rings.